The van der Waals surface area contributed by atoms with E-state index in [9.17, 15) is 14.7 Å². The maximum atomic E-state index is 13.4. The lowest BCUT2D eigenvalue weighted by Gasteiger charge is -2.36. The molecule has 1 aromatic carbocycles. The number of carbonyl (C=O) groups is 2. The number of hydrogen-bond donors (Lipinski definition) is 3. The lowest BCUT2D eigenvalue weighted by atomic mass is 9.83. The number of amides is 2. The van der Waals surface area contributed by atoms with Crippen molar-refractivity contribution in [3.8, 4) is 0 Å². The molecule has 3 heterocycles. The van der Waals surface area contributed by atoms with Crippen LogP contribution < -0.4 is 10.6 Å². The van der Waals surface area contributed by atoms with Gasteiger partial charge in [0.25, 0.3) is 0 Å². The summed E-state index contributed by atoms with van der Waals surface area (Å²) in [7, 11) is 0. The zero-order chi connectivity index (χ0) is 35.4. The predicted octanol–water partition coefficient (Wildman–Crippen LogP) is 3.65. The average Bonchev–Trinajstić information content (AvgIpc) is 3.40. The summed E-state index contributed by atoms with van der Waals surface area (Å²) in [4.78, 5) is 32.6. The largest absolute Gasteiger partial charge is 0.384 e. The van der Waals surface area contributed by atoms with Gasteiger partial charge in [-0.3, -0.25) is 19.4 Å². The molecule has 11 heteroatoms. The predicted molar refractivity (Wildman–Crippen MR) is 196 cm³/mol. The van der Waals surface area contributed by atoms with E-state index in [2.05, 4.69) is 50.8 Å². The highest BCUT2D eigenvalue weighted by molar-refractivity contribution is 5.91. The number of piperazine rings is 1. The minimum atomic E-state index is -0.989. The van der Waals surface area contributed by atoms with Gasteiger partial charge in [-0.25, -0.2) is 0 Å². The Balaban J connectivity index is 0.819. The lowest BCUT2D eigenvalue weighted by molar-refractivity contribution is -0.148. The Hall–Kier alpha value is -2.54. The van der Waals surface area contributed by atoms with Crippen molar-refractivity contribution in [1.29, 1.82) is 0 Å². The number of hydrogen-bond acceptors (Lipinski definition) is 9. The zero-order valence-electron chi connectivity index (χ0n) is 30.9. The molecule has 3 saturated heterocycles. The van der Waals surface area contributed by atoms with Crippen LogP contribution >= 0.6 is 0 Å². The molecule has 1 saturated carbocycles. The fourth-order valence-corrected chi connectivity index (χ4v) is 8.69. The summed E-state index contributed by atoms with van der Waals surface area (Å²) >= 11 is 0. The molecule has 2 aliphatic carbocycles. The molecule has 3 aliphatic heterocycles. The lowest BCUT2D eigenvalue weighted by Crippen LogP contribution is -2.56. The van der Waals surface area contributed by atoms with Crippen LogP contribution in [0, 0.1) is 17.8 Å². The Labute approximate surface area is 305 Å². The van der Waals surface area contributed by atoms with E-state index in [0.717, 1.165) is 82.5 Å². The van der Waals surface area contributed by atoms with Gasteiger partial charge in [0, 0.05) is 64.2 Å². The number of rotatable bonds is 18. The summed E-state index contributed by atoms with van der Waals surface area (Å²) in [6, 6.07) is 8.26. The van der Waals surface area contributed by atoms with E-state index < -0.39 is 12.3 Å². The van der Waals surface area contributed by atoms with Gasteiger partial charge in [-0.1, -0.05) is 62.4 Å². The van der Waals surface area contributed by atoms with E-state index in [1.807, 2.05) is 6.92 Å². The van der Waals surface area contributed by atoms with E-state index in [1.54, 1.807) is 0 Å². The van der Waals surface area contributed by atoms with Gasteiger partial charge in [0.05, 0.1) is 44.9 Å². The van der Waals surface area contributed by atoms with Gasteiger partial charge >= 0.3 is 0 Å². The molecule has 5 atom stereocenters. The van der Waals surface area contributed by atoms with Gasteiger partial charge in [0.1, 0.15) is 12.3 Å². The van der Waals surface area contributed by atoms with Gasteiger partial charge in [0.2, 0.25) is 11.8 Å². The molecule has 0 aromatic heterocycles. The van der Waals surface area contributed by atoms with E-state index >= 15 is 0 Å². The second-order valence-electron chi connectivity index (χ2n) is 15.4. The molecular weight excluding hydrogens is 646 g/mol. The third-order valence-corrected chi connectivity index (χ3v) is 11.8. The molecule has 2 amide bonds. The monoisotopic (exact) mass is 709 g/mol. The molecule has 0 radical (unpaired) electrons. The summed E-state index contributed by atoms with van der Waals surface area (Å²) in [6.45, 7) is 12.9. The standard InChI is InChI=1S/C40H63N5O6/c1-30-10-15-36(38(46)42-30)45-39(47)34-8-5-9-35(37(34)40(45)48)41-28-32-11-13-33(14-12-32)29-44-19-17-43(18-20-44)21-23-50-25-27-51-26-24-49-22-16-31-6-3-2-4-7-31/h9,11-14,30-31,34,36-37,40-41,48H,2-8,10,15-29H2,1H3,(H,42,46). The Morgan fingerprint density at radius 2 is 1.47 bits per heavy atom. The highest BCUT2D eigenvalue weighted by atomic mass is 16.5. The molecular formula is C40H63N5O6. The van der Waals surface area contributed by atoms with Gasteiger partial charge in [-0.2, -0.15) is 0 Å². The molecule has 5 unspecified atom stereocenters. The highest BCUT2D eigenvalue weighted by Crippen LogP contribution is 2.42. The molecule has 4 fully saturated rings. The number of aliphatic hydroxyl groups excluding tert-OH is 1. The Kier molecular flexibility index (Phi) is 14.6. The van der Waals surface area contributed by atoms with Crippen molar-refractivity contribution in [2.75, 3.05) is 72.4 Å². The number of ether oxygens (including phenoxy) is 3. The molecule has 0 spiro atoms. The zero-order valence-corrected chi connectivity index (χ0v) is 30.9. The fourth-order valence-electron chi connectivity index (χ4n) is 8.69. The third-order valence-electron chi connectivity index (χ3n) is 11.8. The smallest absolute Gasteiger partial charge is 0.243 e. The molecule has 51 heavy (non-hydrogen) atoms. The van der Waals surface area contributed by atoms with Crippen LogP contribution in [0.3, 0.4) is 0 Å². The number of likely N-dealkylation sites (tertiary alicyclic amines) is 1. The van der Waals surface area contributed by atoms with E-state index in [0.29, 0.717) is 45.8 Å². The highest BCUT2D eigenvalue weighted by Gasteiger charge is 2.53. The van der Waals surface area contributed by atoms with Crippen molar-refractivity contribution in [3.63, 3.8) is 0 Å². The molecule has 284 valence electrons. The van der Waals surface area contributed by atoms with Crippen LogP contribution in [0.15, 0.2) is 36.0 Å². The number of benzene rings is 1. The number of allylic oxidation sites excluding steroid dienone is 1. The van der Waals surface area contributed by atoms with Crippen LogP contribution in [0.25, 0.3) is 0 Å². The van der Waals surface area contributed by atoms with Crippen LogP contribution in [0.5, 0.6) is 0 Å². The van der Waals surface area contributed by atoms with Gasteiger partial charge < -0.3 is 34.9 Å². The molecule has 11 nitrogen and oxygen atoms in total. The summed E-state index contributed by atoms with van der Waals surface area (Å²) in [5, 5.41) is 17.8. The molecule has 3 N–H and O–H groups in total. The second kappa shape index (κ2) is 19.5. The first-order valence-corrected chi connectivity index (χ1v) is 20.0. The molecule has 5 aliphatic rings. The van der Waals surface area contributed by atoms with Crippen molar-refractivity contribution in [2.24, 2.45) is 17.8 Å². The van der Waals surface area contributed by atoms with Crippen molar-refractivity contribution < 1.29 is 28.9 Å². The van der Waals surface area contributed by atoms with Gasteiger partial charge in [0.15, 0.2) is 0 Å². The Morgan fingerprint density at radius 1 is 0.804 bits per heavy atom. The fraction of sp³-hybridized carbons (Fsp3) is 0.750. The second-order valence-corrected chi connectivity index (χ2v) is 15.4. The van der Waals surface area contributed by atoms with Gasteiger partial charge in [-0.15, -0.1) is 0 Å². The van der Waals surface area contributed by atoms with Crippen molar-refractivity contribution in [2.45, 2.75) is 103 Å². The summed E-state index contributed by atoms with van der Waals surface area (Å²) in [6.07, 6.45) is 12.2. The van der Waals surface area contributed by atoms with E-state index in [4.69, 9.17) is 14.2 Å². The maximum Gasteiger partial charge on any atom is 0.243 e. The molecule has 6 rings (SSSR count). The van der Waals surface area contributed by atoms with Crippen LogP contribution in [0.1, 0.15) is 82.3 Å². The minimum Gasteiger partial charge on any atom is -0.384 e. The minimum absolute atomic E-state index is 0.0923. The van der Waals surface area contributed by atoms with Crippen molar-refractivity contribution in [3.05, 3.63) is 47.2 Å². The SMILES string of the molecule is CC1CCC(N2C(=O)C3CCC=C(NCc4ccc(CN5CCN(CCOCCOCCOCCC6CCCCC6)CC5)cc4)C3C2O)C(=O)N1. The molecule has 0 bridgehead atoms. The number of piperidine rings is 1. The number of nitrogens with one attached hydrogen (secondary N) is 2. The Bertz CT molecular complexity index is 1260. The summed E-state index contributed by atoms with van der Waals surface area (Å²) in [5.74, 6) is 0.0154. The normalized spacial score (nSPS) is 28.1. The third kappa shape index (κ3) is 10.8. The van der Waals surface area contributed by atoms with Gasteiger partial charge in [-0.05, 0) is 56.1 Å². The van der Waals surface area contributed by atoms with Crippen molar-refractivity contribution >= 4 is 11.8 Å². The van der Waals surface area contributed by atoms with E-state index in [1.165, 1.54) is 49.0 Å². The summed E-state index contributed by atoms with van der Waals surface area (Å²) in [5.41, 5.74) is 3.38. The number of carbonyl (C=O) groups excluding carboxylic acids is 2. The first-order chi connectivity index (χ1) is 25.0. The van der Waals surface area contributed by atoms with E-state index in [-0.39, 0.29) is 29.7 Å². The van der Waals surface area contributed by atoms with Crippen LogP contribution in [0.4, 0.5) is 0 Å². The van der Waals surface area contributed by atoms with Crippen molar-refractivity contribution in [1.82, 2.24) is 25.3 Å². The average molecular weight is 710 g/mol. The topological polar surface area (TPSA) is 116 Å². The van der Waals surface area contributed by atoms with Crippen LogP contribution in [-0.4, -0.2) is 122 Å². The number of aliphatic hydroxyl groups is 1. The number of nitrogens with zero attached hydrogens (tertiary/aromatic N) is 3. The number of fused-ring (bicyclic) bond motifs is 1. The van der Waals surface area contributed by atoms with Crippen LogP contribution in [0.2, 0.25) is 0 Å². The Morgan fingerprint density at radius 3 is 2.20 bits per heavy atom. The maximum absolute atomic E-state index is 13.4. The first-order valence-electron chi connectivity index (χ1n) is 20.0. The first kappa shape index (κ1) is 38.2. The van der Waals surface area contributed by atoms with Crippen LogP contribution in [-0.2, 0) is 36.9 Å². The summed E-state index contributed by atoms with van der Waals surface area (Å²) < 4.78 is 17.3. The quantitative estimate of drug-likeness (QED) is 0.197. The molecule has 1 aromatic rings.